The third-order valence-corrected chi connectivity index (χ3v) is 6.16. The van der Waals surface area contributed by atoms with Gasteiger partial charge in [-0.25, -0.2) is 14.9 Å². The van der Waals surface area contributed by atoms with Gasteiger partial charge in [0.05, 0.1) is 29.7 Å². The number of rotatable bonds is 4. The molecule has 9 heteroatoms. The molecule has 2 amide bonds. The summed E-state index contributed by atoms with van der Waals surface area (Å²) in [5.41, 5.74) is 0.939. The highest BCUT2D eigenvalue weighted by Crippen LogP contribution is 2.50. The minimum Gasteiger partial charge on any atom is -0.496 e. The van der Waals surface area contributed by atoms with Gasteiger partial charge in [-0.2, -0.15) is 0 Å². The summed E-state index contributed by atoms with van der Waals surface area (Å²) in [4.78, 5) is 38.7. The van der Waals surface area contributed by atoms with Crippen molar-refractivity contribution in [1.29, 1.82) is 0 Å². The number of nitro groups is 1. The van der Waals surface area contributed by atoms with Gasteiger partial charge < -0.3 is 4.74 Å². The molecule has 0 radical (unpaired) electrons. The number of nitrogens with zero attached hydrogens (tertiary/aromatic N) is 4. The lowest BCUT2D eigenvalue weighted by Crippen LogP contribution is -2.44. The zero-order valence-electron chi connectivity index (χ0n) is 16.3. The molecular weight excluding hydrogens is 388 g/mol. The molecule has 9 nitrogen and oxygen atoms in total. The van der Waals surface area contributed by atoms with Crippen LogP contribution in [-0.4, -0.2) is 53.0 Å². The summed E-state index contributed by atoms with van der Waals surface area (Å²) in [5, 5.41) is 15.3. The number of hydrogen-bond donors (Lipinski definition) is 0. The summed E-state index contributed by atoms with van der Waals surface area (Å²) < 4.78 is 5.54. The van der Waals surface area contributed by atoms with E-state index >= 15 is 0 Å². The highest BCUT2D eigenvalue weighted by atomic mass is 16.6. The second-order valence-corrected chi connectivity index (χ2v) is 7.63. The third-order valence-electron chi connectivity index (χ3n) is 6.16. The Morgan fingerprint density at radius 3 is 2.47 bits per heavy atom. The van der Waals surface area contributed by atoms with Crippen molar-refractivity contribution in [3.05, 3.63) is 64.2 Å². The number of anilines is 1. The molecule has 3 saturated heterocycles. The minimum absolute atomic E-state index is 0.158. The van der Waals surface area contributed by atoms with E-state index in [0.717, 1.165) is 23.4 Å². The molecule has 5 rings (SSSR count). The van der Waals surface area contributed by atoms with E-state index in [1.54, 1.807) is 13.2 Å². The minimum atomic E-state index is -0.617. The number of fused-ring (bicyclic) bond motifs is 3. The van der Waals surface area contributed by atoms with Crippen LogP contribution in [0.5, 0.6) is 5.75 Å². The van der Waals surface area contributed by atoms with Gasteiger partial charge in [-0.05, 0) is 18.6 Å². The van der Waals surface area contributed by atoms with Crippen LogP contribution in [0, 0.1) is 16.0 Å². The van der Waals surface area contributed by atoms with E-state index in [1.807, 2.05) is 29.3 Å². The molecule has 3 heterocycles. The number of benzene rings is 2. The van der Waals surface area contributed by atoms with Crippen LogP contribution >= 0.6 is 0 Å². The van der Waals surface area contributed by atoms with Gasteiger partial charge in [-0.15, -0.1) is 0 Å². The molecule has 0 saturated carbocycles. The Hall–Kier alpha value is -3.30. The Kier molecular flexibility index (Phi) is 4.30. The van der Waals surface area contributed by atoms with E-state index in [-0.39, 0.29) is 29.2 Å². The fraction of sp³-hybridized carbons (Fsp3) is 0.333. The molecule has 30 heavy (non-hydrogen) atoms. The number of amides is 2. The Labute approximate surface area is 172 Å². The van der Waals surface area contributed by atoms with Crippen LogP contribution < -0.4 is 9.64 Å². The molecule has 2 aromatic rings. The fourth-order valence-electron chi connectivity index (χ4n) is 5.00. The molecule has 0 spiro atoms. The highest BCUT2D eigenvalue weighted by Gasteiger charge is 2.63. The number of methoxy groups -OCH3 is 1. The molecule has 3 fully saturated rings. The van der Waals surface area contributed by atoms with Gasteiger partial charge in [-0.1, -0.05) is 24.3 Å². The molecule has 2 aromatic carbocycles. The van der Waals surface area contributed by atoms with Crippen molar-refractivity contribution < 1.29 is 19.2 Å². The van der Waals surface area contributed by atoms with Crippen LogP contribution in [0.3, 0.4) is 0 Å². The summed E-state index contributed by atoms with van der Waals surface area (Å²) in [6.07, 6.45) is 0.896. The largest absolute Gasteiger partial charge is 0.496 e. The molecule has 3 aliphatic heterocycles. The van der Waals surface area contributed by atoms with Crippen LogP contribution in [0.1, 0.15) is 18.0 Å². The third kappa shape index (κ3) is 2.55. The zero-order valence-corrected chi connectivity index (χ0v) is 16.3. The standard InChI is InChI=1S/C21H20N4O5/c1-30-16-9-3-2-8-15(16)18-17-19(23-11-5-10-22(18)23)21(27)24(20(17)26)13-6-4-7-14(12-13)25(28)29/h2-4,6-9,12,17-19H,5,10-11H2,1H3/t17-,18+,19-/m0/s1. The van der Waals surface area contributed by atoms with Crippen molar-refractivity contribution in [1.82, 2.24) is 10.0 Å². The van der Waals surface area contributed by atoms with Gasteiger partial charge in [0.1, 0.15) is 11.8 Å². The lowest BCUT2D eigenvalue weighted by Gasteiger charge is -2.30. The number of carbonyl (C=O) groups is 2. The second-order valence-electron chi connectivity index (χ2n) is 7.63. The van der Waals surface area contributed by atoms with E-state index in [2.05, 4.69) is 5.01 Å². The topological polar surface area (TPSA) is 96.2 Å². The van der Waals surface area contributed by atoms with Crippen LogP contribution in [-0.2, 0) is 9.59 Å². The van der Waals surface area contributed by atoms with E-state index in [1.165, 1.54) is 18.2 Å². The number of para-hydroxylation sites is 1. The average Bonchev–Trinajstić information content (AvgIpc) is 3.40. The number of non-ortho nitro benzene ring substituents is 1. The second kappa shape index (κ2) is 6.89. The van der Waals surface area contributed by atoms with Crippen molar-refractivity contribution in [2.24, 2.45) is 5.92 Å². The van der Waals surface area contributed by atoms with Gasteiger partial charge in [0.15, 0.2) is 0 Å². The Morgan fingerprint density at radius 2 is 1.73 bits per heavy atom. The van der Waals surface area contributed by atoms with Gasteiger partial charge in [0.25, 0.3) is 11.6 Å². The van der Waals surface area contributed by atoms with Gasteiger partial charge in [0, 0.05) is 30.8 Å². The SMILES string of the molecule is COc1ccccc1[C@@H]1[C@@H]2C(=O)N(c3cccc([N+](=O)[O-])c3)C(=O)[C@H]2N2CCCN12. The number of hydrazine groups is 1. The number of nitro benzene ring substituents is 1. The average molecular weight is 408 g/mol. The first-order valence-corrected chi connectivity index (χ1v) is 9.81. The monoisotopic (exact) mass is 408 g/mol. The number of carbonyl (C=O) groups excluding carboxylic acids is 2. The molecule has 154 valence electrons. The summed E-state index contributed by atoms with van der Waals surface area (Å²) in [6, 6.07) is 12.3. The van der Waals surface area contributed by atoms with E-state index in [0.29, 0.717) is 12.3 Å². The van der Waals surface area contributed by atoms with Crippen LogP contribution in [0.2, 0.25) is 0 Å². The zero-order chi connectivity index (χ0) is 21.0. The number of hydrogen-bond acceptors (Lipinski definition) is 7. The smallest absolute Gasteiger partial charge is 0.271 e. The van der Waals surface area contributed by atoms with Crippen LogP contribution in [0.15, 0.2) is 48.5 Å². The molecule has 3 atom stereocenters. The molecule has 0 aliphatic carbocycles. The Bertz CT molecular complexity index is 1060. The highest BCUT2D eigenvalue weighted by molar-refractivity contribution is 6.24. The maximum Gasteiger partial charge on any atom is 0.271 e. The number of imide groups is 1. The van der Waals surface area contributed by atoms with Gasteiger partial charge >= 0.3 is 0 Å². The van der Waals surface area contributed by atoms with Crippen molar-refractivity contribution in [3.8, 4) is 5.75 Å². The van der Waals surface area contributed by atoms with Gasteiger partial charge in [0.2, 0.25) is 5.91 Å². The van der Waals surface area contributed by atoms with Gasteiger partial charge in [-0.3, -0.25) is 19.7 Å². The molecule has 3 aliphatic rings. The predicted octanol–water partition coefficient (Wildman–Crippen LogP) is 2.14. The first kappa shape index (κ1) is 18.7. The lowest BCUT2D eigenvalue weighted by molar-refractivity contribution is -0.384. The maximum atomic E-state index is 13.5. The van der Waals surface area contributed by atoms with Crippen molar-refractivity contribution in [2.75, 3.05) is 25.1 Å². The molecular formula is C21H20N4O5. The summed E-state index contributed by atoms with van der Waals surface area (Å²) in [6.45, 7) is 1.45. The Balaban J connectivity index is 1.60. The van der Waals surface area contributed by atoms with Crippen molar-refractivity contribution >= 4 is 23.2 Å². The molecule has 0 N–H and O–H groups in total. The lowest BCUT2D eigenvalue weighted by atomic mass is 9.89. The van der Waals surface area contributed by atoms with Crippen LogP contribution in [0.25, 0.3) is 0 Å². The fourth-order valence-corrected chi connectivity index (χ4v) is 5.00. The normalized spacial score (nSPS) is 26.2. The first-order chi connectivity index (χ1) is 14.5. The first-order valence-electron chi connectivity index (χ1n) is 9.81. The number of ether oxygens (including phenoxy) is 1. The Morgan fingerprint density at radius 1 is 1.00 bits per heavy atom. The molecule has 0 aromatic heterocycles. The van der Waals surface area contributed by atoms with Crippen molar-refractivity contribution in [3.63, 3.8) is 0 Å². The maximum absolute atomic E-state index is 13.5. The van der Waals surface area contributed by atoms with E-state index < -0.39 is 16.9 Å². The van der Waals surface area contributed by atoms with E-state index in [9.17, 15) is 19.7 Å². The van der Waals surface area contributed by atoms with Crippen molar-refractivity contribution in [2.45, 2.75) is 18.5 Å². The van der Waals surface area contributed by atoms with E-state index in [4.69, 9.17) is 4.74 Å². The summed E-state index contributed by atoms with van der Waals surface area (Å²) in [5.74, 6) is -0.608. The molecule has 0 unspecified atom stereocenters. The predicted molar refractivity (Wildman–Crippen MR) is 107 cm³/mol. The summed E-state index contributed by atoms with van der Waals surface area (Å²) in [7, 11) is 1.59. The summed E-state index contributed by atoms with van der Waals surface area (Å²) >= 11 is 0. The quantitative estimate of drug-likeness (QED) is 0.434. The van der Waals surface area contributed by atoms with Crippen LogP contribution in [0.4, 0.5) is 11.4 Å². The molecule has 0 bridgehead atoms.